The minimum atomic E-state index is -0.389. The van der Waals surface area contributed by atoms with Crippen molar-refractivity contribution in [1.82, 2.24) is 0 Å². The standard InChI is InChI=1S/C12H16N2O4/c1-18-10-2-3-11(14(16)17)12(8-10)13-6-4-9(15)5-7-13/h2-3,8-9,15H,4-7H2,1H3. The molecule has 1 aromatic carbocycles. The molecule has 98 valence electrons. The SMILES string of the molecule is COc1ccc([N+](=O)[O-])c(N2CCC(O)CC2)c1. The molecule has 6 heteroatoms. The van der Waals surface area contributed by atoms with Crippen molar-refractivity contribution in [2.24, 2.45) is 0 Å². The molecule has 0 aromatic heterocycles. The van der Waals surface area contributed by atoms with Crippen molar-refractivity contribution in [3.8, 4) is 5.75 Å². The summed E-state index contributed by atoms with van der Waals surface area (Å²) in [7, 11) is 1.53. The first kappa shape index (κ1) is 12.6. The molecule has 1 fully saturated rings. The Morgan fingerprint density at radius 1 is 1.44 bits per heavy atom. The zero-order valence-corrected chi connectivity index (χ0v) is 10.2. The van der Waals surface area contributed by atoms with Gasteiger partial charge in [0.25, 0.3) is 5.69 Å². The van der Waals surface area contributed by atoms with Crippen LogP contribution in [-0.2, 0) is 0 Å². The van der Waals surface area contributed by atoms with Gasteiger partial charge >= 0.3 is 0 Å². The Kier molecular flexibility index (Phi) is 3.66. The molecule has 0 aliphatic carbocycles. The summed E-state index contributed by atoms with van der Waals surface area (Å²) >= 11 is 0. The van der Waals surface area contributed by atoms with Crippen molar-refractivity contribution in [1.29, 1.82) is 0 Å². The van der Waals surface area contributed by atoms with Crippen LogP contribution in [0, 0.1) is 10.1 Å². The normalized spacial score (nSPS) is 16.7. The summed E-state index contributed by atoms with van der Waals surface area (Å²) in [5.41, 5.74) is 0.637. The number of aliphatic hydroxyl groups is 1. The van der Waals surface area contributed by atoms with Crippen LogP contribution in [0.3, 0.4) is 0 Å². The van der Waals surface area contributed by atoms with Gasteiger partial charge in [-0.2, -0.15) is 0 Å². The molecular formula is C12H16N2O4. The van der Waals surface area contributed by atoms with Gasteiger partial charge < -0.3 is 14.7 Å². The molecule has 1 N–H and O–H groups in total. The van der Waals surface area contributed by atoms with E-state index in [4.69, 9.17) is 4.74 Å². The topological polar surface area (TPSA) is 75.8 Å². The molecule has 0 saturated carbocycles. The summed E-state index contributed by atoms with van der Waals surface area (Å²) in [6.07, 6.45) is 0.967. The van der Waals surface area contributed by atoms with E-state index >= 15 is 0 Å². The Morgan fingerprint density at radius 3 is 2.67 bits per heavy atom. The quantitative estimate of drug-likeness (QED) is 0.652. The number of rotatable bonds is 3. The molecule has 0 atom stereocenters. The van der Waals surface area contributed by atoms with Gasteiger partial charge in [-0.1, -0.05) is 0 Å². The van der Waals surface area contributed by atoms with E-state index in [1.807, 2.05) is 4.90 Å². The highest BCUT2D eigenvalue weighted by Crippen LogP contribution is 2.33. The number of nitro groups is 1. The summed E-state index contributed by atoms with van der Waals surface area (Å²) in [6.45, 7) is 1.24. The van der Waals surface area contributed by atoms with Crippen LogP contribution in [0.25, 0.3) is 0 Å². The van der Waals surface area contributed by atoms with Crippen molar-refractivity contribution >= 4 is 11.4 Å². The van der Waals surface area contributed by atoms with E-state index in [0.717, 1.165) is 0 Å². The van der Waals surface area contributed by atoms with Gasteiger partial charge in [-0.25, -0.2) is 0 Å². The van der Waals surface area contributed by atoms with Crippen molar-refractivity contribution in [3.05, 3.63) is 28.3 Å². The lowest BCUT2D eigenvalue weighted by molar-refractivity contribution is -0.384. The van der Waals surface area contributed by atoms with Crippen molar-refractivity contribution < 1.29 is 14.8 Å². The van der Waals surface area contributed by atoms with Crippen LogP contribution in [-0.4, -0.2) is 36.3 Å². The Balaban J connectivity index is 2.31. The van der Waals surface area contributed by atoms with E-state index < -0.39 is 0 Å². The molecule has 6 nitrogen and oxygen atoms in total. The summed E-state index contributed by atoms with van der Waals surface area (Å²) in [4.78, 5) is 12.6. The lowest BCUT2D eigenvalue weighted by atomic mass is 10.1. The molecule has 0 unspecified atom stereocenters. The number of hydrogen-bond donors (Lipinski definition) is 1. The van der Waals surface area contributed by atoms with Gasteiger partial charge in [0.2, 0.25) is 0 Å². The first-order valence-electron chi connectivity index (χ1n) is 5.87. The fourth-order valence-corrected chi connectivity index (χ4v) is 2.14. The van der Waals surface area contributed by atoms with Gasteiger partial charge in [0.05, 0.1) is 18.1 Å². The second-order valence-corrected chi connectivity index (χ2v) is 4.33. The first-order valence-corrected chi connectivity index (χ1v) is 5.87. The summed E-state index contributed by atoms with van der Waals surface area (Å²) in [6, 6.07) is 4.72. The molecule has 0 bridgehead atoms. The zero-order valence-electron chi connectivity index (χ0n) is 10.2. The molecule has 18 heavy (non-hydrogen) atoms. The smallest absolute Gasteiger partial charge is 0.292 e. The number of nitrogens with zero attached hydrogens (tertiary/aromatic N) is 2. The average molecular weight is 252 g/mol. The van der Waals surface area contributed by atoms with Crippen LogP contribution in [0.4, 0.5) is 11.4 Å². The van der Waals surface area contributed by atoms with E-state index in [9.17, 15) is 15.2 Å². The van der Waals surface area contributed by atoms with Gasteiger partial charge in [0.1, 0.15) is 11.4 Å². The Morgan fingerprint density at radius 2 is 2.11 bits per heavy atom. The molecule has 0 radical (unpaired) electrons. The first-order chi connectivity index (χ1) is 8.61. The van der Waals surface area contributed by atoms with Crippen LogP contribution in [0.2, 0.25) is 0 Å². The van der Waals surface area contributed by atoms with Gasteiger partial charge in [-0.3, -0.25) is 10.1 Å². The molecule has 0 amide bonds. The van der Waals surface area contributed by atoms with Crippen LogP contribution in [0.5, 0.6) is 5.75 Å². The predicted octanol–water partition coefficient (Wildman–Crippen LogP) is 1.56. The molecule has 1 heterocycles. The third-order valence-electron chi connectivity index (χ3n) is 3.18. The molecular weight excluding hydrogens is 236 g/mol. The van der Waals surface area contributed by atoms with Crippen LogP contribution >= 0.6 is 0 Å². The number of anilines is 1. The fraction of sp³-hybridized carbons (Fsp3) is 0.500. The number of hydrogen-bond acceptors (Lipinski definition) is 5. The number of benzene rings is 1. The number of nitro benzene ring substituents is 1. The van der Waals surface area contributed by atoms with Gasteiger partial charge in [-0.15, -0.1) is 0 Å². The third-order valence-corrected chi connectivity index (χ3v) is 3.18. The Labute approximate surface area is 105 Å². The molecule has 1 aliphatic heterocycles. The van der Waals surface area contributed by atoms with E-state index in [-0.39, 0.29) is 16.7 Å². The predicted molar refractivity (Wildman–Crippen MR) is 67.1 cm³/mol. The minimum Gasteiger partial charge on any atom is -0.497 e. The van der Waals surface area contributed by atoms with Crippen molar-refractivity contribution in [3.63, 3.8) is 0 Å². The second kappa shape index (κ2) is 5.22. The lowest BCUT2D eigenvalue weighted by Gasteiger charge is -2.31. The van der Waals surface area contributed by atoms with Crippen LogP contribution in [0.1, 0.15) is 12.8 Å². The molecule has 0 spiro atoms. The van der Waals surface area contributed by atoms with Crippen LogP contribution < -0.4 is 9.64 Å². The Hall–Kier alpha value is -1.82. The largest absolute Gasteiger partial charge is 0.497 e. The number of ether oxygens (including phenoxy) is 1. The lowest BCUT2D eigenvalue weighted by Crippen LogP contribution is -2.36. The second-order valence-electron chi connectivity index (χ2n) is 4.33. The van der Waals surface area contributed by atoms with E-state index in [2.05, 4.69) is 0 Å². The van der Waals surface area contributed by atoms with Crippen molar-refractivity contribution in [2.75, 3.05) is 25.1 Å². The maximum Gasteiger partial charge on any atom is 0.292 e. The number of piperidine rings is 1. The average Bonchev–Trinajstić information content (AvgIpc) is 2.38. The number of aliphatic hydroxyl groups excluding tert-OH is 1. The zero-order chi connectivity index (χ0) is 13.1. The molecule has 1 aromatic rings. The monoisotopic (exact) mass is 252 g/mol. The highest BCUT2D eigenvalue weighted by atomic mass is 16.6. The third kappa shape index (κ3) is 2.53. The van der Waals surface area contributed by atoms with E-state index in [1.165, 1.54) is 13.2 Å². The fourth-order valence-electron chi connectivity index (χ4n) is 2.14. The molecule has 1 saturated heterocycles. The summed E-state index contributed by atoms with van der Waals surface area (Å²) in [5.74, 6) is 0.599. The van der Waals surface area contributed by atoms with E-state index in [1.54, 1.807) is 12.1 Å². The van der Waals surface area contributed by atoms with Crippen LogP contribution in [0.15, 0.2) is 18.2 Å². The van der Waals surface area contributed by atoms with Gasteiger partial charge in [-0.05, 0) is 18.9 Å². The summed E-state index contributed by atoms with van der Waals surface area (Å²) < 4.78 is 5.10. The maximum absolute atomic E-state index is 11.0. The van der Waals surface area contributed by atoms with E-state index in [0.29, 0.717) is 37.4 Å². The number of methoxy groups -OCH3 is 1. The van der Waals surface area contributed by atoms with Gasteiger partial charge in [0.15, 0.2) is 0 Å². The van der Waals surface area contributed by atoms with Gasteiger partial charge in [0, 0.05) is 25.2 Å². The highest BCUT2D eigenvalue weighted by Gasteiger charge is 2.24. The highest BCUT2D eigenvalue weighted by molar-refractivity contribution is 5.66. The van der Waals surface area contributed by atoms with Crippen molar-refractivity contribution in [2.45, 2.75) is 18.9 Å². The maximum atomic E-state index is 11.0. The summed E-state index contributed by atoms with van der Waals surface area (Å²) in [5, 5.41) is 20.5. The Bertz CT molecular complexity index is 442. The molecule has 1 aliphatic rings. The minimum absolute atomic E-state index is 0.0761. The molecule has 2 rings (SSSR count).